The van der Waals surface area contributed by atoms with Gasteiger partial charge in [-0.25, -0.2) is 14.6 Å². The molecule has 14 heteroatoms. The van der Waals surface area contributed by atoms with E-state index in [0.717, 1.165) is 63.1 Å². The molecule has 3 aliphatic heterocycles. The first-order chi connectivity index (χ1) is 22.4. The zero-order valence-electron chi connectivity index (χ0n) is 26.3. The van der Waals surface area contributed by atoms with Crippen molar-refractivity contribution in [1.29, 1.82) is 0 Å². The molecule has 2 atom stereocenters. The van der Waals surface area contributed by atoms with Gasteiger partial charge in [-0.1, -0.05) is 11.3 Å². The van der Waals surface area contributed by atoms with Crippen LogP contribution in [0.15, 0.2) is 36.8 Å². The molecular formula is C32H43N9O5. The second kappa shape index (κ2) is 15.0. The van der Waals surface area contributed by atoms with Crippen LogP contribution in [0.5, 0.6) is 5.75 Å². The first-order valence-corrected chi connectivity index (χ1v) is 16.2. The molecule has 0 radical (unpaired) electrons. The molecule has 2 aromatic heterocycles. The van der Waals surface area contributed by atoms with Crippen molar-refractivity contribution in [1.82, 2.24) is 40.1 Å². The number of aliphatic hydroxyl groups is 1. The Morgan fingerprint density at radius 1 is 1.11 bits per heavy atom. The van der Waals surface area contributed by atoms with Gasteiger partial charge in [-0.15, -0.1) is 5.10 Å². The Balaban J connectivity index is 0.937. The maximum atomic E-state index is 12.8. The lowest BCUT2D eigenvalue weighted by Crippen LogP contribution is -2.42. The number of likely N-dealkylation sites (tertiary alicyclic amines) is 1. The summed E-state index contributed by atoms with van der Waals surface area (Å²) in [4.78, 5) is 36.8. The van der Waals surface area contributed by atoms with E-state index in [1.165, 1.54) is 17.5 Å². The summed E-state index contributed by atoms with van der Waals surface area (Å²) >= 11 is 0. The lowest BCUT2D eigenvalue weighted by Gasteiger charge is -2.31. The molecule has 5 heterocycles. The fourth-order valence-electron chi connectivity index (χ4n) is 6.29. The maximum Gasteiger partial charge on any atom is 0.270 e. The summed E-state index contributed by atoms with van der Waals surface area (Å²) < 4.78 is 13.8. The zero-order valence-corrected chi connectivity index (χ0v) is 26.3. The number of carbonyl (C=O) groups excluding carboxylic acids is 2. The quantitative estimate of drug-likeness (QED) is 0.283. The van der Waals surface area contributed by atoms with Gasteiger partial charge in [0.25, 0.3) is 5.91 Å². The molecule has 246 valence electrons. The Labute approximate surface area is 268 Å². The number of piperidine rings is 1. The van der Waals surface area contributed by atoms with Crippen LogP contribution in [0.1, 0.15) is 72.6 Å². The number of aromatic nitrogens is 5. The van der Waals surface area contributed by atoms with Crippen LogP contribution in [0.3, 0.4) is 0 Å². The monoisotopic (exact) mass is 633 g/mol. The third-order valence-corrected chi connectivity index (χ3v) is 8.89. The van der Waals surface area contributed by atoms with Gasteiger partial charge in [0, 0.05) is 64.9 Å². The Hall–Kier alpha value is -4.14. The predicted molar refractivity (Wildman–Crippen MR) is 168 cm³/mol. The minimum Gasteiger partial charge on any atom is -0.487 e. The standard InChI is InChI=1S/C32H43N9O5/c1-22(42)40-11-8-25(9-12-40)37-30-15-29(34-21-35-30)32(44)33-17-27(43)19-39-10-7-23-14-28(6-5-24(23)18-39)46-20-26-16-36-38-41(26)31-4-2-3-13-45-31/h5-6,14-16,21,25,27,31,43H,2-4,7-13,17-20H2,1H3,(H,33,44)(H,34,35,37)/t27-,31?/m0/s1. The van der Waals surface area contributed by atoms with Crippen LogP contribution in [-0.2, 0) is 29.1 Å². The summed E-state index contributed by atoms with van der Waals surface area (Å²) in [6.07, 6.45) is 7.87. The highest BCUT2D eigenvalue weighted by molar-refractivity contribution is 5.92. The predicted octanol–water partition coefficient (Wildman–Crippen LogP) is 1.92. The lowest BCUT2D eigenvalue weighted by atomic mass is 9.99. The number of carbonyl (C=O) groups is 2. The van der Waals surface area contributed by atoms with Crippen molar-refractivity contribution in [2.24, 2.45) is 0 Å². The average molecular weight is 634 g/mol. The molecule has 2 saturated heterocycles. The van der Waals surface area contributed by atoms with Crippen molar-refractivity contribution < 1.29 is 24.2 Å². The summed E-state index contributed by atoms with van der Waals surface area (Å²) in [5.41, 5.74) is 3.55. The number of β-amino-alcohol motifs (C(OH)–C–C–N with tert-alkyl or cyclic N) is 1. The number of rotatable bonds is 11. The van der Waals surface area contributed by atoms with Crippen molar-refractivity contribution >= 4 is 17.6 Å². The molecule has 46 heavy (non-hydrogen) atoms. The van der Waals surface area contributed by atoms with E-state index in [4.69, 9.17) is 9.47 Å². The number of ether oxygens (including phenoxy) is 2. The highest BCUT2D eigenvalue weighted by Gasteiger charge is 2.23. The minimum atomic E-state index is -0.731. The smallest absolute Gasteiger partial charge is 0.270 e. The summed E-state index contributed by atoms with van der Waals surface area (Å²) in [5.74, 6) is 1.10. The van der Waals surface area contributed by atoms with E-state index in [1.807, 2.05) is 15.6 Å². The number of fused-ring (bicyclic) bond motifs is 1. The van der Waals surface area contributed by atoms with E-state index in [9.17, 15) is 14.7 Å². The van der Waals surface area contributed by atoms with Crippen LogP contribution in [0.25, 0.3) is 0 Å². The van der Waals surface area contributed by atoms with Gasteiger partial charge in [0.1, 0.15) is 30.2 Å². The number of nitrogens with one attached hydrogen (secondary N) is 2. The van der Waals surface area contributed by atoms with Gasteiger partial charge in [0.2, 0.25) is 5.91 Å². The molecular weight excluding hydrogens is 590 g/mol. The van der Waals surface area contributed by atoms with Gasteiger partial charge >= 0.3 is 0 Å². The van der Waals surface area contributed by atoms with Crippen LogP contribution in [-0.4, -0.2) is 103 Å². The van der Waals surface area contributed by atoms with E-state index in [-0.39, 0.29) is 36.3 Å². The fourth-order valence-corrected chi connectivity index (χ4v) is 6.29. The van der Waals surface area contributed by atoms with Crippen molar-refractivity contribution in [3.63, 3.8) is 0 Å². The van der Waals surface area contributed by atoms with E-state index >= 15 is 0 Å². The van der Waals surface area contributed by atoms with Gasteiger partial charge in [-0.2, -0.15) is 0 Å². The lowest BCUT2D eigenvalue weighted by molar-refractivity contribution is -0.129. The number of nitrogens with zero attached hydrogens (tertiary/aromatic N) is 7. The molecule has 1 unspecified atom stereocenters. The van der Waals surface area contributed by atoms with Crippen molar-refractivity contribution in [2.45, 2.75) is 77.0 Å². The van der Waals surface area contributed by atoms with E-state index in [0.29, 0.717) is 38.6 Å². The fraction of sp³-hybridized carbons (Fsp3) is 0.562. The van der Waals surface area contributed by atoms with E-state index in [1.54, 1.807) is 19.2 Å². The first kappa shape index (κ1) is 31.8. The van der Waals surface area contributed by atoms with Gasteiger partial charge in [0.15, 0.2) is 6.23 Å². The Kier molecular flexibility index (Phi) is 10.4. The maximum absolute atomic E-state index is 12.8. The molecule has 0 spiro atoms. The molecule has 3 aliphatic rings. The summed E-state index contributed by atoms with van der Waals surface area (Å²) in [5, 5.41) is 25.2. The molecule has 0 saturated carbocycles. The number of benzene rings is 1. The SMILES string of the molecule is CC(=O)N1CCC(Nc2cc(C(=O)NC[C@H](O)CN3CCc4cc(OCc5cnnn5C5CCCCO5)ccc4C3)ncn2)CC1. The van der Waals surface area contributed by atoms with Crippen molar-refractivity contribution in [2.75, 3.05) is 44.6 Å². The van der Waals surface area contributed by atoms with Gasteiger partial charge in [-0.05, 0) is 61.8 Å². The van der Waals surface area contributed by atoms with Gasteiger partial charge < -0.3 is 30.1 Å². The topological polar surface area (TPSA) is 160 Å². The summed E-state index contributed by atoms with van der Waals surface area (Å²) in [7, 11) is 0. The van der Waals surface area contributed by atoms with Crippen LogP contribution >= 0.6 is 0 Å². The van der Waals surface area contributed by atoms with Crippen LogP contribution in [0.4, 0.5) is 5.82 Å². The summed E-state index contributed by atoms with van der Waals surface area (Å²) in [6.45, 7) is 6.15. The van der Waals surface area contributed by atoms with E-state index in [2.05, 4.69) is 47.9 Å². The molecule has 3 N–H and O–H groups in total. The largest absolute Gasteiger partial charge is 0.487 e. The Morgan fingerprint density at radius 2 is 1.98 bits per heavy atom. The molecule has 2 fully saturated rings. The second-order valence-corrected chi connectivity index (χ2v) is 12.3. The van der Waals surface area contributed by atoms with Crippen molar-refractivity contribution in [3.8, 4) is 5.75 Å². The Bertz CT molecular complexity index is 1490. The molecule has 0 bridgehead atoms. The number of hydrogen-bond acceptors (Lipinski definition) is 11. The molecule has 14 nitrogen and oxygen atoms in total. The number of anilines is 1. The third kappa shape index (κ3) is 8.17. The molecule has 1 aromatic carbocycles. The molecule has 3 aromatic rings. The average Bonchev–Trinajstić information content (AvgIpc) is 3.56. The third-order valence-electron chi connectivity index (χ3n) is 8.89. The Morgan fingerprint density at radius 3 is 2.78 bits per heavy atom. The van der Waals surface area contributed by atoms with E-state index < -0.39 is 6.10 Å². The second-order valence-electron chi connectivity index (χ2n) is 12.3. The zero-order chi connectivity index (χ0) is 31.9. The van der Waals surface area contributed by atoms with Crippen molar-refractivity contribution in [3.05, 3.63) is 59.3 Å². The minimum absolute atomic E-state index is 0.0789. The number of aliphatic hydroxyl groups excluding tert-OH is 1. The van der Waals surface area contributed by atoms with Gasteiger partial charge in [-0.3, -0.25) is 14.5 Å². The molecule has 2 amide bonds. The molecule has 6 rings (SSSR count). The van der Waals surface area contributed by atoms with Crippen LogP contribution in [0.2, 0.25) is 0 Å². The van der Waals surface area contributed by atoms with Gasteiger partial charge in [0.05, 0.1) is 18.0 Å². The number of hydrogen-bond donors (Lipinski definition) is 3. The normalized spacial score (nSPS) is 19.7. The highest BCUT2D eigenvalue weighted by atomic mass is 16.5. The highest BCUT2D eigenvalue weighted by Crippen LogP contribution is 2.26. The van der Waals surface area contributed by atoms with Crippen LogP contribution < -0.4 is 15.4 Å². The number of amides is 2. The summed E-state index contributed by atoms with van der Waals surface area (Å²) in [6, 6.07) is 7.94. The van der Waals surface area contributed by atoms with Crippen LogP contribution in [0, 0.1) is 0 Å². The first-order valence-electron chi connectivity index (χ1n) is 16.2. The molecule has 0 aliphatic carbocycles.